The molecule has 0 fully saturated rings. The molecule has 1 aliphatic rings. The second kappa shape index (κ2) is 9.99. The summed E-state index contributed by atoms with van der Waals surface area (Å²) in [6.45, 7) is 5.18. The molecule has 2 atom stereocenters. The monoisotopic (exact) mass is 484 g/mol. The van der Waals surface area contributed by atoms with E-state index in [1.54, 1.807) is 25.1 Å². The van der Waals surface area contributed by atoms with Crippen LogP contribution < -0.4 is 15.0 Å². The topological polar surface area (TPSA) is 61.8 Å². The smallest absolute Gasteiger partial charge is 0.336 e. The van der Waals surface area contributed by atoms with E-state index in [1.807, 2.05) is 17.0 Å². The van der Waals surface area contributed by atoms with E-state index in [9.17, 15) is 14.3 Å². The first-order chi connectivity index (χ1) is 17.4. The molecule has 4 aromatic carbocycles. The third kappa shape index (κ3) is 4.77. The number of anilines is 2. The Morgan fingerprint density at radius 3 is 2.75 bits per heavy atom. The van der Waals surface area contributed by atoms with Crippen molar-refractivity contribution < 1.29 is 19.0 Å². The van der Waals surface area contributed by atoms with Gasteiger partial charge in [0.15, 0.2) is 0 Å². The molecule has 0 aliphatic carbocycles. The van der Waals surface area contributed by atoms with Crippen LogP contribution in [0.1, 0.15) is 40.9 Å². The second-order valence-corrected chi connectivity index (χ2v) is 9.30. The third-order valence-corrected chi connectivity index (χ3v) is 6.86. The van der Waals surface area contributed by atoms with Crippen molar-refractivity contribution >= 4 is 28.1 Å². The summed E-state index contributed by atoms with van der Waals surface area (Å²) in [5.41, 5.74) is 3.67. The lowest BCUT2D eigenvalue weighted by atomic mass is 9.99. The number of carboxylic acid groups (broad SMARTS) is 1. The van der Waals surface area contributed by atoms with Crippen molar-refractivity contribution in [2.24, 2.45) is 0 Å². The van der Waals surface area contributed by atoms with E-state index in [2.05, 4.69) is 48.6 Å². The molecule has 6 heteroatoms. The normalized spacial score (nSPS) is 15.9. The maximum absolute atomic E-state index is 14.1. The molecule has 36 heavy (non-hydrogen) atoms. The molecule has 1 heterocycles. The third-order valence-electron chi connectivity index (χ3n) is 6.86. The van der Waals surface area contributed by atoms with Crippen molar-refractivity contribution in [1.82, 2.24) is 5.32 Å². The molecule has 0 radical (unpaired) electrons. The molecule has 0 aromatic heterocycles. The van der Waals surface area contributed by atoms with Gasteiger partial charge in [-0.2, -0.15) is 0 Å². The van der Waals surface area contributed by atoms with Crippen LogP contribution in [0.15, 0.2) is 78.9 Å². The van der Waals surface area contributed by atoms with E-state index in [-0.39, 0.29) is 23.5 Å². The first-order valence-corrected chi connectivity index (χ1v) is 12.2. The summed E-state index contributed by atoms with van der Waals surface area (Å²) in [4.78, 5) is 13.7. The number of nitrogens with zero attached hydrogens (tertiary/aromatic N) is 1. The number of hydrogen-bond donors (Lipinski definition) is 2. The van der Waals surface area contributed by atoms with Crippen molar-refractivity contribution in [3.8, 4) is 5.75 Å². The molecule has 4 aromatic rings. The van der Waals surface area contributed by atoms with E-state index >= 15 is 0 Å². The van der Waals surface area contributed by atoms with Crippen molar-refractivity contribution in [3.05, 3.63) is 101 Å². The number of carboxylic acids is 1. The van der Waals surface area contributed by atoms with Gasteiger partial charge >= 0.3 is 5.97 Å². The van der Waals surface area contributed by atoms with E-state index < -0.39 is 5.97 Å². The number of rotatable bonds is 7. The highest BCUT2D eigenvalue weighted by molar-refractivity contribution is 5.91. The summed E-state index contributed by atoms with van der Waals surface area (Å²) < 4.78 is 20.2. The van der Waals surface area contributed by atoms with Gasteiger partial charge in [0.2, 0.25) is 0 Å². The molecular formula is C30H29FN2O3. The van der Waals surface area contributed by atoms with E-state index in [4.69, 9.17) is 4.74 Å². The van der Waals surface area contributed by atoms with Gasteiger partial charge in [-0.15, -0.1) is 0 Å². The van der Waals surface area contributed by atoms with Gasteiger partial charge in [0, 0.05) is 17.8 Å². The lowest BCUT2D eigenvalue weighted by Gasteiger charge is -2.37. The second-order valence-electron chi connectivity index (χ2n) is 9.30. The molecule has 1 aliphatic heterocycles. The molecule has 0 saturated heterocycles. The van der Waals surface area contributed by atoms with Gasteiger partial charge in [-0.05, 0) is 73.0 Å². The largest absolute Gasteiger partial charge is 0.486 e. The molecule has 2 N–H and O–H groups in total. The van der Waals surface area contributed by atoms with Crippen LogP contribution >= 0.6 is 0 Å². The van der Waals surface area contributed by atoms with Gasteiger partial charge in [-0.3, -0.25) is 0 Å². The lowest BCUT2D eigenvalue weighted by molar-refractivity contribution is 0.0696. The van der Waals surface area contributed by atoms with E-state index in [0.29, 0.717) is 30.8 Å². The van der Waals surface area contributed by atoms with Crippen LogP contribution in [0.2, 0.25) is 0 Å². The number of nitrogens with one attached hydrogen (secondary N) is 1. The van der Waals surface area contributed by atoms with E-state index in [0.717, 1.165) is 11.4 Å². The maximum atomic E-state index is 14.1. The molecular weight excluding hydrogens is 455 g/mol. The highest BCUT2D eigenvalue weighted by atomic mass is 19.1. The fraction of sp³-hybridized carbons (Fsp3) is 0.233. The Labute approximate surface area is 210 Å². The van der Waals surface area contributed by atoms with Gasteiger partial charge in [0.25, 0.3) is 0 Å². The SMILES string of the molecule is Cc1ccc(N2CC(CCN[C@H](C)c3cccc4ccccc34)Oc3cc(F)ccc32)cc1C(=O)O. The molecule has 0 saturated carbocycles. The molecule has 1 unspecified atom stereocenters. The van der Waals surface area contributed by atoms with Crippen LogP contribution in [0.5, 0.6) is 5.75 Å². The summed E-state index contributed by atoms with van der Waals surface area (Å²) in [5, 5.41) is 15.7. The Kier molecular flexibility index (Phi) is 6.61. The van der Waals surface area contributed by atoms with Crippen LogP contribution in [0, 0.1) is 12.7 Å². The molecule has 0 bridgehead atoms. The fourth-order valence-electron chi connectivity index (χ4n) is 4.93. The summed E-state index contributed by atoms with van der Waals surface area (Å²) in [6.07, 6.45) is 0.514. The quantitative estimate of drug-likeness (QED) is 0.308. The van der Waals surface area contributed by atoms with Gasteiger partial charge in [-0.25, -0.2) is 9.18 Å². The fourth-order valence-corrected chi connectivity index (χ4v) is 4.93. The van der Waals surface area contributed by atoms with E-state index in [1.165, 1.54) is 28.5 Å². The van der Waals surface area contributed by atoms with Gasteiger partial charge in [0.1, 0.15) is 17.7 Å². The Morgan fingerprint density at radius 1 is 1.11 bits per heavy atom. The Bertz CT molecular complexity index is 1420. The number of hydrogen-bond acceptors (Lipinski definition) is 4. The standard InChI is InChI=1S/C30H29FN2O3/c1-19-10-12-23(17-27(19)30(34)35)33-18-24(36-29-16-22(31)11-13-28(29)33)14-15-32-20(2)25-9-5-7-21-6-3-4-8-26(21)25/h3-13,16-17,20,24,32H,14-15,18H2,1-2H3,(H,34,35)/t20-,24?/m1/s1. The predicted octanol–water partition coefficient (Wildman–Crippen LogP) is 6.63. The van der Waals surface area contributed by atoms with Crippen LogP contribution in [-0.4, -0.2) is 30.3 Å². The molecule has 5 nitrogen and oxygen atoms in total. The number of ether oxygens (including phenoxy) is 1. The van der Waals surface area contributed by atoms with Crippen LogP contribution in [-0.2, 0) is 0 Å². The first kappa shape index (κ1) is 23.8. The van der Waals surface area contributed by atoms with Crippen molar-refractivity contribution in [1.29, 1.82) is 0 Å². The van der Waals surface area contributed by atoms with Crippen molar-refractivity contribution in [2.45, 2.75) is 32.4 Å². The number of halogens is 1. The number of carbonyl (C=O) groups is 1. The molecule has 0 spiro atoms. The van der Waals surface area contributed by atoms with Crippen LogP contribution in [0.25, 0.3) is 10.8 Å². The molecule has 0 amide bonds. The van der Waals surface area contributed by atoms with Crippen molar-refractivity contribution in [2.75, 3.05) is 18.0 Å². The van der Waals surface area contributed by atoms with Crippen LogP contribution in [0.4, 0.5) is 15.8 Å². The van der Waals surface area contributed by atoms with Gasteiger partial charge < -0.3 is 20.1 Å². The summed E-state index contributed by atoms with van der Waals surface area (Å²) in [5.74, 6) is -0.872. The highest BCUT2D eigenvalue weighted by Crippen LogP contribution is 2.39. The molecule has 5 rings (SSSR count). The summed E-state index contributed by atoms with van der Waals surface area (Å²) in [7, 11) is 0. The summed E-state index contributed by atoms with van der Waals surface area (Å²) in [6, 6.07) is 24.7. The number of fused-ring (bicyclic) bond motifs is 2. The van der Waals surface area contributed by atoms with Gasteiger partial charge in [-0.1, -0.05) is 48.5 Å². The van der Waals surface area contributed by atoms with Crippen molar-refractivity contribution in [3.63, 3.8) is 0 Å². The van der Waals surface area contributed by atoms with Crippen LogP contribution in [0.3, 0.4) is 0 Å². The Morgan fingerprint density at radius 2 is 1.92 bits per heavy atom. The first-order valence-electron chi connectivity index (χ1n) is 12.2. The highest BCUT2D eigenvalue weighted by Gasteiger charge is 2.28. The average molecular weight is 485 g/mol. The number of benzene rings is 4. The summed E-state index contributed by atoms with van der Waals surface area (Å²) >= 11 is 0. The zero-order valence-electron chi connectivity index (χ0n) is 20.4. The number of aryl methyl sites for hydroxylation is 1. The number of aromatic carboxylic acids is 1. The zero-order valence-corrected chi connectivity index (χ0v) is 20.4. The lowest BCUT2D eigenvalue weighted by Crippen LogP contribution is -2.39. The average Bonchev–Trinajstić information content (AvgIpc) is 2.87. The minimum Gasteiger partial charge on any atom is -0.486 e. The minimum atomic E-state index is -0.967. The van der Waals surface area contributed by atoms with Gasteiger partial charge in [0.05, 0.1) is 17.8 Å². The predicted molar refractivity (Wildman–Crippen MR) is 141 cm³/mol. The Hall–Kier alpha value is -3.90. The Balaban J connectivity index is 1.34. The zero-order chi connectivity index (χ0) is 25.2. The maximum Gasteiger partial charge on any atom is 0.336 e. The minimum absolute atomic E-state index is 0.149. The molecule has 184 valence electrons.